The Labute approximate surface area is 389 Å². The average molecular weight is 940 g/mol. The Kier molecular flexibility index (Phi) is 14.9. The highest BCUT2D eigenvalue weighted by Gasteiger charge is 2.47. The summed E-state index contributed by atoms with van der Waals surface area (Å²) in [4.78, 5) is 84.9. The molecule has 4 N–H and O–H groups in total. The normalized spacial score (nSPS) is 16.2. The molecule has 16 nitrogen and oxygen atoms in total. The third kappa shape index (κ3) is 9.05. The van der Waals surface area contributed by atoms with Crippen LogP contribution in [0.25, 0.3) is 11.1 Å². The van der Waals surface area contributed by atoms with Crippen molar-refractivity contribution in [2.75, 3.05) is 51.5 Å². The molecule has 66 heavy (non-hydrogen) atoms. The molecule has 0 radical (unpaired) electrons. The van der Waals surface area contributed by atoms with Gasteiger partial charge in [-0.3, -0.25) is 9.80 Å². The summed E-state index contributed by atoms with van der Waals surface area (Å²) in [5, 5.41) is 0.763. The zero-order valence-corrected chi connectivity index (χ0v) is 38.0. The second-order valence-electron chi connectivity index (χ2n) is 14.3. The highest BCUT2D eigenvalue weighted by Crippen LogP contribution is 2.46. The second-order valence-corrected chi connectivity index (χ2v) is 15.1. The van der Waals surface area contributed by atoms with E-state index in [1.54, 1.807) is 111 Å². The molecular weight excluding hydrogens is 895 g/mol. The summed E-state index contributed by atoms with van der Waals surface area (Å²) in [7, 11) is 4.54. The van der Waals surface area contributed by atoms with Gasteiger partial charge in [0, 0.05) is 21.4 Å². The number of anilines is 2. The molecule has 0 saturated carbocycles. The average Bonchev–Trinajstić information content (AvgIpc) is 3.32. The first-order valence-electron chi connectivity index (χ1n) is 20.1. The fourth-order valence-corrected chi connectivity index (χ4v) is 8.06. The quantitative estimate of drug-likeness (QED) is 0.108. The minimum atomic E-state index is -1.23. The summed E-state index contributed by atoms with van der Waals surface area (Å²) in [5.74, 6) is -8.34. The van der Waals surface area contributed by atoms with E-state index in [9.17, 15) is 28.8 Å². The molecule has 4 aromatic carbocycles. The van der Waals surface area contributed by atoms with Crippen molar-refractivity contribution in [1.82, 2.24) is 0 Å². The Morgan fingerprint density at radius 2 is 0.758 bits per heavy atom. The summed E-state index contributed by atoms with van der Waals surface area (Å²) in [5.41, 5.74) is 14.8. The topological polar surface area (TPSA) is 216 Å². The Bertz CT molecular complexity index is 2520. The van der Waals surface area contributed by atoms with Crippen LogP contribution in [-0.4, -0.2) is 77.5 Å². The Morgan fingerprint density at radius 3 is 1.03 bits per heavy atom. The van der Waals surface area contributed by atoms with Gasteiger partial charge in [-0.1, -0.05) is 71.7 Å². The molecule has 0 amide bonds. The lowest BCUT2D eigenvalue weighted by Gasteiger charge is -2.37. The standard InChI is InChI=1S/C48H44Cl2N4O12/c1-7-65-45(57)37-33(27-9-17-29(49)18-10-27)35(43(55)61-3)39(47(59)63-5)53(41(37)51)31-21-13-25(14-22-31)26-15-23-32(24-16-26)54-40(48(60)64-6)36(44(56)62-4)34(28-11-19-30(50)20-12-28)38(42(54)52)46(58)66-8-2/h9-24,33-34H,7-8,51-52H2,1-6H3/t33-,34+. The number of hydrogen-bond acceptors (Lipinski definition) is 16. The summed E-state index contributed by atoms with van der Waals surface area (Å²) in [6, 6.07) is 25.8. The predicted molar refractivity (Wildman–Crippen MR) is 243 cm³/mol. The van der Waals surface area contributed by atoms with Gasteiger partial charge in [-0.25, -0.2) is 28.8 Å². The molecule has 6 rings (SSSR count). The lowest BCUT2D eigenvalue weighted by Crippen LogP contribution is -2.42. The van der Waals surface area contributed by atoms with Gasteiger partial charge in [0.1, 0.15) is 23.0 Å². The van der Waals surface area contributed by atoms with E-state index in [0.717, 1.165) is 28.4 Å². The van der Waals surface area contributed by atoms with Gasteiger partial charge in [0.25, 0.3) is 0 Å². The first kappa shape index (κ1) is 47.9. The molecule has 0 spiro atoms. The molecule has 2 heterocycles. The van der Waals surface area contributed by atoms with Crippen molar-refractivity contribution in [2.24, 2.45) is 11.5 Å². The summed E-state index contributed by atoms with van der Waals surface area (Å²) >= 11 is 12.4. The van der Waals surface area contributed by atoms with Crippen molar-refractivity contribution in [3.05, 3.63) is 164 Å². The Morgan fingerprint density at radius 1 is 0.455 bits per heavy atom. The number of halogens is 2. The number of methoxy groups -OCH3 is 4. The first-order chi connectivity index (χ1) is 31.7. The molecule has 0 saturated heterocycles. The van der Waals surface area contributed by atoms with Gasteiger partial charge in [0.05, 0.1) is 75.8 Å². The van der Waals surface area contributed by atoms with Crippen LogP contribution < -0.4 is 21.3 Å². The zero-order valence-electron chi connectivity index (χ0n) is 36.5. The highest BCUT2D eigenvalue weighted by atomic mass is 35.5. The van der Waals surface area contributed by atoms with Gasteiger partial charge in [0.2, 0.25) is 0 Å². The van der Waals surface area contributed by atoms with E-state index in [2.05, 4.69) is 0 Å². The van der Waals surface area contributed by atoms with Gasteiger partial charge in [-0.15, -0.1) is 0 Å². The molecule has 4 aromatic rings. The maximum absolute atomic E-state index is 13.8. The van der Waals surface area contributed by atoms with Crippen LogP contribution in [-0.2, 0) is 57.2 Å². The highest BCUT2D eigenvalue weighted by molar-refractivity contribution is 6.31. The number of carbonyl (C=O) groups excluding carboxylic acids is 6. The number of rotatable bonds is 13. The van der Waals surface area contributed by atoms with Crippen molar-refractivity contribution in [2.45, 2.75) is 25.7 Å². The van der Waals surface area contributed by atoms with Crippen molar-refractivity contribution in [1.29, 1.82) is 0 Å². The third-order valence-electron chi connectivity index (χ3n) is 10.7. The SMILES string of the molecule is CCOC(=O)C1=C(N)N(c2ccc(-c3ccc(N4C(N)=C(C(=O)OCC)[C@H](c5ccc(Cl)cc5)C(C(=O)OC)=C4C(=O)OC)cc3)cc2)C(C(=O)OC)=C(C(=O)OC)[C@@H]1c1ccc(Cl)cc1. The van der Waals surface area contributed by atoms with Gasteiger partial charge < -0.3 is 39.9 Å². The maximum atomic E-state index is 13.8. The molecule has 18 heteroatoms. The smallest absolute Gasteiger partial charge is 0.355 e. The van der Waals surface area contributed by atoms with Gasteiger partial charge in [0.15, 0.2) is 0 Å². The van der Waals surface area contributed by atoms with Gasteiger partial charge in [-0.2, -0.15) is 0 Å². The van der Waals surface area contributed by atoms with Crippen LogP contribution in [0.4, 0.5) is 11.4 Å². The fraction of sp³-hybridized carbons (Fsp3) is 0.208. The van der Waals surface area contributed by atoms with Crippen molar-refractivity contribution in [3.8, 4) is 11.1 Å². The minimum Gasteiger partial charge on any atom is -0.466 e. The molecule has 0 bridgehead atoms. The van der Waals surface area contributed by atoms with E-state index >= 15 is 0 Å². The molecule has 0 fully saturated rings. The molecule has 2 aliphatic rings. The number of esters is 6. The molecule has 2 aliphatic heterocycles. The molecule has 2 atom stereocenters. The van der Waals surface area contributed by atoms with Crippen LogP contribution in [0.2, 0.25) is 10.0 Å². The zero-order chi connectivity index (χ0) is 48.0. The summed E-state index contributed by atoms with van der Waals surface area (Å²) < 4.78 is 31.6. The van der Waals surface area contributed by atoms with E-state index in [0.29, 0.717) is 32.3 Å². The molecule has 0 aromatic heterocycles. The third-order valence-corrected chi connectivity index (χ3v) is 11.2. The summed E-state index contributed by atoms with van der Waals surface area (Å²) in [6.07, 6.45) is 0. The lowest BCUT2D eigenvalue weighted by molar-refractivity contribution is -0.141. The number of nitrogens with zero attached hydrogens (tertiary/aromatic N) is 2. The van der Waals surface area contributed by atoms with Crippen molar-refractivity contribution < 1.29 is 57.2 Å². The van der Waals surface area contributed by atoms with Crippen molar-refractivity contribution in [3.63, 3.8) is 0 Å². The van der Waals surface area contributed by atoms with E-state index in [1.165, 1.54) is 9.80 Å². The number of hydrogen-bond donors (Lipinski definition) is 2. The maximum Gasteiger partial charge on any atom is 0.355 e. The van der Waals surface area contributed by atoms with Crippen LogP contribution in [0.5, 0.6) is 0 Å². The second kappa shape index (κ2) is 20.5. The van der Waals surface area contributed by atoms with Crippen LogP contribution in [0.3, 0.4) is 0 Å². The van der Waals surface area contributed by atoms with E-state index in [-0.39, 0.29) is 69.9 Å². The number of nitrogens with two attached hydrogens (primary N) is 2. The van der Waals surface area contributed by atoms with Crippen LogP contribution in [0.1, 0.15) is 36.8 Å². The van der Waals surface area contributed by atoms with E-state index in [1.807, 2.05) is 0 Å². The van der Waals surface area contributed by atoms with Crippen LogP contribution in [0, 0.1) is 0 Å². The predicted octanol–water partition coefficient (Wildman–Crippen LogP) is 6.54. The summed E-state index contributed by atoms with van der Waals surface area (Å²) in [6.45, 7) is 3.17. The molecule has 342 valence electrons. The van der Waals surface area contributed by atoms with Gasteiger partial charge in [-0.05, 0) is 84.6 Å². The fourth-order valence-electron chi connectivity index (χ4n) is 7.81. The minimum absolute atomic E-state index is 0.0264. The van der Waals surface area contributed by atoms with E-state index < -0.39 is 47.7 Å². The number of benzene rings is 4. The molecule has 0 unspecified atom stereocenters. The largest absolute Gasteiger partial charge is 0.466 e. The van der Waals surface area contributed by atoms with Crippen LogP contribution >= 0.6 is 23.2 Å². The van der Waals surface area contributed by atoms with Crippen LogP contribution in [0.15, 0.2) is 142 Å². The van der Waals surface area contributed by atoms with E-state index in [4.69, 9.17) is 63.1 Å². The molecular formula is C48H44Cl2N4O12. The lowest BCUT2D eigenvalue weighted by atomic mass is 9.80. The number of ether oxygens (including phenoxy) is 6. The van der Waals surface area contributed by atoms with Crippen molar-refractivity contribution >= 4 is 70.4 Å². The monoisotopic (exact) mass is 938 g/mol. The first-order valence-corrected chi connectivity index (χ1v) is 20.9. The molecule has 0 aliphatic carbocycles. The Balaban J connectivity index is 1.48. The van der Waals surface area contributed by atoms with Gasteiger partial charge >= 0.3 is 35.8 Å². The Hall–Kier alpha value is -7.56. The number of carbonyl (C=O) groups is 6.